The highest BCUT2D eigenvalue weighted by atomic mass is 16.6. The van der Waals surface area contributed by atoms with Gasteiger partial charge < -0.3 is 5.32 Å². The van der Waals surface area contributed by atoms with E-state index in [-0.39, 0.29) is 16.7 Å². The molecule has 0 heterocycles. The number of hydrogen-bond acceptors (Lipinski definition) is 3. The number of para-hydroxylation sites is 1. The second kappa shape index (κ2) is 6.66. The second-order valence-electron chi connectivity index (χ2n) is 3.72. The first-order valence-corrected chi connectivity index (χ1v) is 5.60. The van der Waals surface area contributed by atoms with Crippen molar-refractivity contribution in [1.82, 2.24) is 5.32 Å². The van der Waals surface area contributed by atoms with Crippen molar-refractivity contribution >= 4 is 5.69 Å². The van der Waals surface area contributed by atoms with Crippen LogP contribution in [0.25, 0.3) is 0 Å². The van der Waals surface area contributed by atoms with Crippen molar-refractivity contribution in [3.05, 3.63) is 39.9 Å². The molecule has 1 unspecified atom stereocenters. The third-order valence-corrected chi connectivity index (χ3v) is 2.58. The number of nitrogens with one attached hydrogen (secondary N) is 1. The zero-order valence-corrected chi connectivity index (χ0v) is 9.85. The van der Waals surface area contributed by atoms with Gasteiger partial charge in [-0.15, -0.1) is 6.42 Å². The molecule has 0 fully saturated rings. The number of terminal acetylenes is 1. The lowest BCUT2D eigenvalue weighted by molar-refractivity contribution is -0.385. The molecule has 1 aromatic carbocycles. The number of benzene rings is 1. The molecular formula is C13H16N2O2. The summed E-state index contributed by atoms with van der Waals surface area (Å²) in [7, 11) is 0. The van der Waals surface area contributed by atoms with Gasteiger partial charge in [-0.3, -0.25) is 10.1 Å². The van der Waals surface area contributed by atoms with E-state index in [0.29, 0.717) is 13.0 Å². The Hall–Kier alpha value is -1.86. The smallest absolute Gasteiger partial charge is 0.272 e. The van der Waals surface area contributed by atoms with Crippen molar-refractivity contribution in [1.29, 1.82) is 0 Å². The van der Waals surface area contributed by atoms with E-state index in [1.54, 1.807) is 18.2 Å². The zero-order valence-electron chi connectivity index (χ0n) is 9.85. The topological polar surface area (TPSA) is 55.2 Å². The fraction of sp³-hybridized carbons (Fsp3) is 0.385. The first-order chi connectivity index (χ1) is 8.19. The lowest BCUT2D eigenvalue weighted by Gasteiger charge is -2.10. The quantitative estimate of drug-likeness (QED) is 0.464. The summed E-state index contributed by atoms with van der Waals surface area (Å²) in [6, 6.07) is 6.81. The van der Waals surface area contributed by atoms with Gasteiger partial charge in [0.15, 0.2) is 0 Å². The van der Waals surface area contributed by atoms with Gasteiger partial charge in [0, 0.05) is 18.2 Å². The number of nitrogens with zero attached hydrogens (tertiary/aromatic N) is 1. The normalized spacial score (nSPS) is 11.8. The predicted octanol–water partition coefficient (Wildman–Crippen LogP) is 2.14. The molecule has 4 nitrogen and oxygen atoms in total. The van der Waals surface area contributed by atoms with Crippen LogP contribution in [-0.4, -0.2) is 17.5 Å². The molecular weight excluding hydrogens is 216 g/mol. The van der Waals surface area contributed by atoms with Gasteiger partial charge in [0.05, 0.1) is 11.0 Å². The minimum atomic E-state index is -0.353. The van der Waals surface area contributed by atoms with Gasteiger partial charge in [-0.2, -0.15) is 0 Å². The molecule has 4 heteroatoms. The number of hydrogen-bond donors (Lipinski definition) is 1. The molecule has 0 amide bonds. The van der Waals surface area contributed by atoms with Gasteiger partial charge in [-0.1, -0.05) is 31.0 Å². The SMILES string of the molecule is C#CC(CC)NCCc1ccccc1[N+](=O)[O-]. The zero-order chi connectivity index (χ0) is 12.7. The van der Waals surface area contributed by atoms with E-state index < -0.39 is 0 Å². The lowest BCUT2D eigenvalue weighted by atomic mass is 10.1. The third-order valence-electron chi connectivity index (χ3n) is 2.58. The highest BCUT2D eigenvalue weighted by molar-refractivity contribution is 5.39. The minimum Gasteiger partial charge on any atom is -0.303 e. The highest BCUT2D eigenvalue weighted by Gasteiger charge is 2.11. The molecule has 0 aromatic heterocycles. The summed E-state index contributed by atoms with van der Waals surface area (Å²) in [5.41, 5.74) is 0.903. The van der Waals surface area contributed by atoms with Gasteiger partial charge >= 0.3 is 0 Å². The average Bonchev–Trinajstić information content (AvgIpc) is 2.35. The Kier molecular flexibility index (Phi) is 5.18. The monoisotopic (exact) mass is 232 g/mol. The summed E-state index contributed by atoms with van der Waals surface area (Å²) in [6.07, 6.45) is 6.78. The Bertz CT molecular complexity index is 424. The summed E-state index contributed by atoms with van der Waals surface area (Å²) in [6.45, 7) is 2.65. The summed E-state index contributed by atoms with van der Waals surface area (Å²) in [5, 5.41) is 14.0. The van der Waals surface area contributed by atoms with Crippen LogP contribution < -0.4 is 5.32 Å². The Labute approximate surface area is 101 Å². The van der Waals surface area contributed by atoms with Gasteiger partial charge in [0.2, 0.25) is 0 Å². The molecule has 1 N–H and O–H groups in total. The van der Waals surface area contributed by atoms with Gasteiger partial charge in [0.1, 0.15) is 0 Å². The molecule has 1 atom stereocenters. The Morgan fingerprint density at radius 2 is 2.24 bits per heavy atom. The van der Waals surface area contributed by atoms with E-state index in [4.69, 9.17) is 6.42 Å². The van der Waals surface area contributed by atoms with E-state index >= 15 is 0 Å². The third kappa shape index (κ3) is 3.89. The molecule has 1 rings (SSSR count). The van der Waals surface area contributed by atoms with E-state index in [0.717, 1.165) is 12.0 Å². The van der Waals surface area contributed by atoms with Gasteiger partial charge in [0.25, 0.3) is 5.69 Å². The highest BCUT2D eigenvalue weighted by Crippen LogP contribution is 2.17. The molecule has 0 bridgehead atoms. The second-order valence-corrected chi connectivity index (χ2v) is 3.72. The molecule has 1 aromatic rings. The summed E-state index contributed by atoms with van der Waals surface area (Å²) in [5.74, 6) is 2.63. The first-order valence-electron chi connectivity index (χ1n) is 5.60. The van der Waals surface area contributed by atoms with Crippen molar-refractivity contribution in [3.63, 3.8) is 0 Å². The van der Waals surface area contributed by atoms with Crippen molar-refractivity contribution in [2.24, 2.45) is 0 Å². The van der Waals surface area contributed by atoms with E-state index in [1.165, 1.54) is 6.07 Å². The number of nitro groups is 1. The van der Waals surface area contributed by atoms with Crippen LogP contribution in [0.15, 0.2) is 24.3 Å². The molecule has 0 aliphatic heterocycles. The van der Waals surface area contributed by atoms with Crippen LogP contribution in [0.1, 0.15) is 18.9 Å². The molecule has 17 heavy (non-hydrogen) atoms. The van der Waals surface area contributed by atoms with E-state index in [1.807, 2.05) is 6.92 Å². The largest absolute Gasteiger partial charge is 0.303 e. The maximum Gasteiger partial charge on any atom is 0.272 e. The molecule has 0 spiro atoms. The Morgan fingerprint density at radius 3 is 2.82 bits per heavy atom. The summed E-state index contributed by atoms with van der Waals surface area (Å²) in [4.78, 5) is 10.4. The van der Waals surface area contributed by atoms with Crippen LogP contribution in [0.4, 0.5) is 5.69 Å². The lowest BCUT2D eigenvalue weighted by Crippen LogP contribution is -2.28. The maximum atomic E-state index is 10.8. The number of rotatable bonds is 6. The standard InChI is InChI=1S/C13H16N2O2/c1-3-12(4-2)14-10-9-11-7-5-6-8-13(11)15(16)17/h1,5-8,12,14H,4,9-10H2,2H3. The van der Waals surface area contributed by atoms with Crippen molar-refractivity contribution in [2.75, 3.05) is 6.54 Å². The van der Waals surface area contributed by atoms with Crippen LogP contribution >= 0.6 is 0 Å². The van der Waals surface area contributed by atoms with Crippen molar-refractivity contribution in [3.8, 4) is 12.3 Å². The summed E-state index contributed by atoms with van der Waals surface area (Å²) >= 11 is 0. The van der Waals surface area contributed by atoms with Crippen LogP contribution in [-0.2, 0) is 6.42 Å². The van der Waals surface area contributed by atoms with Gasteiger partial charge in [-0.05, 0) is 12.8 Å². The first kappa shape index (κ1) is 13.2. The maximum absolute atomic E-state index is 10.8. The predicted molar refractivity (Wildman–Crippen MR) is 67.7 cm³/mol. The van der Waals surface area contributed by atoms with Crippen LogP contribution in [0.2, 0.25) is 0 Å². The fourth-order valence-corrected chi connectivity index (χ4v) is 1.60. The average molecular weight is 232 g/mol. The molecule has 0 saturated heterocycles. The van der Waals surface area contributed by atoms with Crippen molar-refractivity contribution < 1.29 is 4.92 Å². The molecule has 90 valence electrons. The molecule has 0 aliphatic rings. The van der Waals surface area contributed by atoms with Crippen LogP contribution in [0, 0.1) is 22.5 Å². The van der Waals surface area contributed by atoms with Gasteiger partial charge in [-0.25, -0.2) is 0 Å². The van der Waals surface area contributed by atoms with Crippen LogP contribution in [0.3, 0.4) is 0 Å². The molecule has 0 aliphatic carbocycles. The minimum absolute atomic E-state index is 0.0396. The van der Waals surface area contributed by atoms with Crippen LogP contribution in [0.5, 0.6) is 0 Å². The molecule has 0 radical (unpaired) electrons. The summed E-state index contributed by atoms with van der Waals surface area (Å²) < 4.78 is 0. The Balaban J connectivity index is 2.58. The van der Waals surface area contributed by atoms with E-state index in [2.05, 4.69) is 11.2 Å². The fourth-order valence-electron chi connectivity index (χ4n) is 1.60. The number of nitro benzene ring substituents is 1. The Morgan fingerprint density at radius 1 is 1.53 bits per heavy atom. The molecule has 0 saturated carbocycles. The van der Waals surface area contributed by atoms with Crippen molar-refractivity contribution in [2.45, 2.75) is 25.8 Å². The van der Waals surface area contributed by atoms with E-state index in [9.17, 15) is 10.1 Å².